The van der Waals surface area contributed by atoms with Gasteiger partial charge in [-0.05, 0) is 80.8 Å². The van der Waals surface area contributed by atoms with E-state index < -0.39 is 0 Å². The SMILES string of the molecule is CCN(C(=O)[C@H]1C[C@H](C)N(C(=O)c2ccc(OC)cc2)c2ccccc21)c1cccc(C)c1. The first-order valence-electron chi connectivity index (χ1n) is 11.4. The number of ether oxygens (including phenoxy) is 1. The van der Waals surface area contributed by atoms with Crippen molar-refractivity contribution in [2.24, 2.45) is 0 Å². The van der Waals surface area contributed by atoms with Gasteiger partial charge in [-0.1, -0.05) is 30.3 Å². The van der Waals surface area contributed by atoms with E-state index in [1.54, 1.807) is 31.4 Å². The van der Waals surface area contributed by atoms with Gasteiger partial charge in [-0.3, -0.25) is 9.59 Å². The molecule has 3 aromatic rings. The van der Waals surface area contributed by atoms with Gasteiger partial charge < -0.3 is 14.5 Å². The number of fused-ring (bicyclic) bond motifs is 1. The molecule has 33 heavy (non-hydrogen) atoms. The Bertz CT molecular complexity index is 1160. The molecule has 0 saturated heterocycles. The molecule has 0 fully saturated rings. The van der Waals surface area contributed by atoms with Crippen LogP contribution in [0.4, 0.5) is 11.4 Å². The van der Waals surface area contributed by atoms with Gasteiger partial charge in [0, 0.05) is 29.5 Å². The molecule has 0 aliphatic carbocycles. The maximum absolute atomic E-state index is 13.8. The van der Waals surface area contributed by atoms with E-state index in [0.29, 0.717) is 24.3 Å². The minimum absolute atomic E-state index is 0.0685. The first-order valence-corrected chi connectivity index (χ1v) is 11.4. The number of benzene rings is 3. The second kappa shape index (κ2) is 9.49. The molecule has 0 bridgehead atoms. The number of amides is 2. The van der Waals surface area contributed by atoms with Crippen LogP contribution in [-0.4, -0.2) is 31.5 Å². The highest BCUT2D eigenvalue weighted by Crippen LogP contribution is 2.40. The zero-order valence-corrected chi connectivity index (χ0v) is 19.6. The highest BCUT2D eigenvalue weighted by Gasteiger charge is 2.38. The molecular formula is C28H30N2O3. The normalized spacial score (nSPS) is 17.3. The van der Waals surface area contributed by atoms with Gasteiger partial charge in [0.1, 0.15) is 5.75 Å². The molecule has 2 amide bonds. The fourth-order valence-corrected chi connectivity index (χ4v) is 4.68. The van der Waals surface area contributed by atoms with E-state index in [9.17, 15) is 9.59 Å². The third-order valence-corrected chi connectivity index (χ3v) is 6.34. The van der Waals surface area contributed by atoms with Crippen LogP contribution < -0.4 is 14.5 Å². The lowest BCUT2D eigenvalue weighted by Crippen LogP contribution is -2.46. The van der Waals surface area contributed by atoms with Gasteiger partial charge in [-0.25, -0.2) is 0 Å². The monoisotopic (exact) mass is 442 g/mol. The molecule has 5 heteroatoms. The first-order chi connectivity index (χ1) is 15.9. The van der Waals surface area contributed by atoms with Gasteiger partial charge in [0.2, 0.25) is 5.91 Å². The van der Waals surface area contributed by atoms with Crippen molar-refractivity contribution >= 4 is 23.2 Å². The van der Waals surface area contributed by atoms with Crippen LogP contribution in [0.25, 0.3) is 0 Å². The van der Waals surface area contributed by atoms with Crippen LogP contribution >= 0.6 is 0 Å². The number of methoxy groups -OCH3 is 1. The molecule has 170 valence electrons. The van der Waals surface area contributed by atoms with Crippen LogP contribution in [0.2, 0.25) is 0 Å². The summed E-state index contributed by atoms with van der Waals surface area (Å²) in [6.07, 6.45) is 0.570. The maximum atomic E-state index is 13.8. The largest absolute Gasteiger partial charge is 0.497 e. The average Bonchev–Trinajstić information content (AvgIpc) is 2.83. The highest BCUT2D eigenvalue weighted by atomic mass is 16.5. The van der Waals surface area contributed by atoms with Gasteiger partial charge in [0.05, 0.1) is 13.0 Å². The molecule has 0 aromatic heterocycles. The zero-order valence-electron chi connectivity index (χ0n) is 19.6. The van der Waals surface area contributed by atoms with Crippen molar-refractivity contribution in [3.05, 3.63) is 89.5 Å². The predicted octanol–water partition coefficient (Wildman–Crippen LogP) is 5.58. The molecule has 1 aliphatic heterocycles. The molecule has 3 aromatic carbocycles. The summed E-state index contributed by atoms with van der Waals surface area (Å²) in [6, 6.07) is 22.8. The molecule has 2 atom stereocenters. The van der Waals surface area contributed by atoms with Crippen molar-refractivity contribution in [2.75, 3.05) is 23.5 Å². The maximum Gasteiger partial charge on any atom is 0.258 e. The first kappa shape index (κ1) is 22.6. The summed E-state index contributed by atoms with van der Waals surface area (Å²) in [5, 5.41) is 0. The summed E-state index contributed by atoms with van der Waals surface area (Å²) in [5.41, 5.74) is 4.32. The highest BCUT2D eigenvalue weighted by molar-refractivity contribution is 6.09. The Hall–Kier alpha value is -3.60. The van der Waals surface area contributed by atoms with E-state index in [1.807, 2.05) is 79.1 Å². The number of hydrogen-bond donors (Lipinski definition) is 0. The molecule has 0 saturated carbocycles. The fourth-order valence-electron chi connectivity index (χ4n) is 4.68. The number of carbonyl (C=O) groups is 2. The van der Waals surface area contributed by atoms with E-state index in [0.717, 1.165) is 22.5 Å². The summed E-state index contributed by atoms with van der Waals surface area (Å²) in [5.74, 6) is 0.394. The van der Waals surface area contributed by atoms with E-state index in [-0.39, 0.29) is 23.8 Å². The Morgan fingerprint density at radius 3 is 2.42 bits per heavy atom. The van der Waals surface area contributed by atoms with Crippen molar-refractivity contribution in [1.82, 2.24) is 0 Å². The lowest BCUT2D eigenvalue weighted by Gasteiger charge is -2.40. The van der Waals surface area contributed by atoms with Gasteiger partial charge in [0.15, 0.2) is 0 Å². The van der Waals surface area contributed by atoms with E-state index in [1.165, 1.54) is 0 Å². The Balaban J connectivity index is 1.69. The average molecular weight is 443 g/mol. The second-order valence-corrected chi connectivity index (χ2v) is 8.52. The van der Waals surface area contributed by atoms with E-state index in [2.05, 4.69) is 0 Å². The molecule has 0 spiro atoms. The summed E-state index contributed by atoms with van der Waals surface area (Å²) in [4.78, 5) is 30.9. The number of carbonyl (C=O) groups excluding carboxylic acids is 2. The van der Waals surface area contributed by atoms with Crippen LogP contribution in [0.5, 0.6) is 5.75 Å². The van der Waals surface area contributed by atoms with Crippen molar-refractivity contribution < 1.29 is 14.3 Å². The molecule has 1 heterocycles. The Morgan fingerprint density at radius 2 is 1.76 bits per heavy atom. The van der Waals surface area contributed by atoms with Crippen molar-refractivity contribution in [3.8, 4) is 5.75 Å². The van der Waals surface area contributed by atoms with Gasteiger partial charge in [-0.2, -0.15) is 0 Å². The number of anilines is 2. The lowest BCUT2D eigenvalue weighted by molar-refractivity contribution is -0.120. The van der Waals surface area contributed by atoms with Gasteiger partial charge >= 0.3 is 0 Å². The minimum Gasteiger partial charge on any atom is -0.497 e. The van der Waals surface area contributed by atoms with Crippen molar-refractivity contribution in [1.29, 1.82) is 0 Å². The zero-order chi connectivity index (χ0) is 23.5. The van der Waals surface area contributed by atoms with Crippen LogP contribution in [0, 0.1) is 6.92 Å². The smallest absolute Gasteiger partial charge is 0.258 e. The number of hydrogen-bond acceptors (Lipinski definition) is 3. The fraction of sp³-hybridized carbons (Fsp3) is 0.286. The van der Waals surface area contributed by atoms with Gasteiger partial charge in [0.25, 0.3) is 5.91 Å². The number of rotatable bonds is 5. The third-order valence-electron chi connectivity index (χ3n) is 6.34. The Morgan fingerprint density at radius 1 is 1.03 bits per heavy atom. The third kappa shape index (κ3) is 4.36. The van der Waals surface area contributed by atoms with Crippen LogP contribution in [0.15, 0.2) is 72.8 Å². The molecule has 0 unspecified atom stereocenters. The summed E-state index contributed by atoms with van der Waals surface area (Å²) in [7, 11) is 1.60. The van der Waals surface area contributed by atoms with Gasteiger partial charge in [-0.15, -0.1) is 0 Å². The Kier molecular flexibility index (Phi) is 6.50. The summed E-state index contributed by atoms with van der Waals surface area (Å²) >= 11 is 0. The van der Waals surface area contributed by atoms with Crippen molar-refractivity contribution in [3.63, 3.8) is 0 Å². The number of nitrogens with zero attached hydrogens (tertiary/aromatic N) is 2. The van der Waals surface area contributed by atoms with Crippen LogP contribution in [0.3, 0.4) is 0 Å². The molecule has 5 nitrogen and oxygen atoms in total. The topological polar surface area (TPSA) is 49.9 Å². The number of likely N-dealkylation sites (N-methyl/N-ethyl adjacent to an activating group) is 1. The van der Waals surface area contributed by atoms with Crippen molar-refractivity contribution in [2.45, 2.75) is 39.2 Å². The summed E-state index contributed by atoms with van der Waals surface area (Å²) in [6.45, 7) is 6.63. The predicted molar refractivity (Wildman–Crippen MR) is 132 cm³/mol. The van der Waals surface area contributed by atoms with Crippen LogP contribution in [0.1, 0.15) is 47.7 Å². The molecule has 0 radical (unpaired) electrons. The Labute approximate surface area is 195 Å². The standard InChI is InChI=1S/C28H30N2O3/c1-5-29(22-10-8-9-19(2)17-22)28(32)25-18-20(3)30(26-12-7-6-11-24(25)26)27(31)21-13-15-23(33-4)16-14-21/h6-17,20,25H,5,18H2,1-4H3/t20-,25-/m0/s1. The summed E-state index contributed by atoms with van der Waals surface area (Å²) < 4.78 is 5.22. The minimum atomic E-state index is -0.309. The quantitative estimate of drug-likeness (QED) is 0.518. The van der Waals surface area contributed by atoms with E-state index >= 15 is 0 Å². The lowest BCUT2D eigenvalue weighted by atomic mass is 9.84. The number of para-hydroxylation sites is 1. The van der Waals surface area contributed by atoms with Crippen LogP contribution in [-0.2, 0) is 4.79 Å². The molecule has 0 N–H and O–H groups in total. The number of aryl methyl sites for hydroxylation is 1. The molecular weight excluding hydrogens is 412 g/mol. The molecule has 1 aliphatic rings. The van der Waals surface area contributed by atoms with E-state index in [4.69, 9.17) is 4.74 Å². The second-order valence-electron chi connectivity index (χ2n) is 8.52. The molecule has 4 rings (SSSR count).